The average molecular weight is 444 g/mol. The minimum Gasteiger partial charge on any atom is -0.494 e. The third-order valence-electron chi connectivity index (χ3n) is 4.00. The van der Waals surface area contributed by atoms with E-state index in [4.69, 9.17) is 30.7 Å². The maximum Gasteiger partial charge on any atom is 0.362 e. The minimum absolute atomic E-state index is 0.264. The summed E-state index contributed by atoms with van der Waals surface area (Å²) in [7, 11) is -6.18. The second-order valence-corrected chi connectivity index (χ2v) is 15.7. The summed E-state index contributed by atoms with van der Waals surface area (Å²) < 4.78 is 40.8. The van der Waals surface area contributed by atoms with E-state index in [9.17, 15) is 0 Å². The van der Waals surface area contributed by atoms with Gasteiger partial charge in [-0.1, -0.05) is 0 Å². The lowest BCUT2D eigenvalue weighted by Gasteiger charge is -2.35. The SMILES string of the molecule is C[Si]1O[Si](C)O[Si](C)(CCCOc2ccc(OCC3CO3)cc2)O[Si](C)O1. The van der Waals surface area contributed by atoms with Crippen molar-refractivity contribution in [3.05, 3.63) is 24.3 Å². The van der Waals surface area contributed by atoms with Gasteiger partial charge in [-0.3, -0.25) is 0 Å². The molecule has 2 fully saturated rings. The Hall–Kier alpha value is -0.512. The second kappa shape index (κ2) is 9.80. The minimum atomic E-state index is -2.29. The van der Waals surface area contributed by atoms with Crippen molar-refractivity contribution in [1.29, 1.82) is 0 Å². The van der Waals surface area contributed by atoms with Crippen LogP contribution in [0.3, 0.4) is 0 Å². The fourth-order valence-electron chi connectivity index (χ4n) is 2.77. The first-order chi connectivity index (χ1) is 12.9. The summed E-state index contributed by atoms with van der Waals surface area (Å²) in [6.45, 7) is 10.2. The normalized spacial score (nSPS) is 24.2. The molecule has 1 unspecified atom stereocenters. The van der Waals surface area contributed by atoms with Crippen molar-refractivity contribution < 1.29 is 30.7 Å². The highest BCUT2D eigenvalue weighted by atomic mass is 28.5. The third kappa shape index (κ3) is 7.43. The smallest absolute Gasteiger partial charge is 0.362 e. The molecule has 11 heteroatoms. The molecule has 3 radical (unpaired) electrons. The van der Waals surface area contributed by atoms with Crippen LogP contribution in [0.25, 0.3) is 0 Å². The molecule has 2 aliphatic heterocycles. The van der Waals surface area contributed by atoms with Gasteiger partial charge in [-0.05, 0) is 62.9 Å². The predicted molar refractivity (Wildman–Crippen MR) is 107 cm³/mol. The van der Waals surface area contributed by atoms with Crippen LogP contribution in [0.1, 0.15) is 6.42 Å². The van der Waals surface area contributed by atoms with Crippen LogP contribution in [0.5, 0.6) is 11.5 Å². The summed E-state index contributed by atoms with van der Waals surface area (Å²) in [5, 5.41) is 0. The van der Waals surface area contributed by atoms with Gasteiger partial charge < -0.3 is 30.7 Å². The highest BCUT2D eigenvalue weighted by molar-refractivity contribution is 6.81. The molecule has 2 aliphatic rings. The Bertz CT molecular complexity index is 573. The van der Waals surface area contributed by atoms with E-state index in [1.807, 2.05) is 43.9 Å². The zero-order valence-corrected chi connectivity index (χ0v) is 20.3. The number of benzene rings is 1. The molecule has 0 aromatic heterocycles. The third-order valence-corrected chi connectivity index (χ3v) is 15.6. The Balaban J connectivity index is 1.40. The molecule has 149 valence electrons. The topological polar surface area (TPSA) is 67.9 Å². The Labute approximate surface area is 167 Å². The molecule has 0 amide bonds. The van der Waals surface area contributed by atoms with E-state index in [0.717, 1.165) is 30.6 Å². The van der Waals surface area contributed by atoms with Gasteiger partial charge in [0.2, 0.25) is 0 Å². The van der Waals surface area contributed by atoms with E-state index >= 15 is 0 Å². The van der Waals surface area contributed by atoms with Gasteiger partial charge in [0.1, 0.15) is 24.2 Å². The molecule has 0 spiro atoms. The molecule has 0 aliphatic carbocycles. The van der Waals surface area contributed by atoms with E-state index in [0.29, 0.717) is 13.2 Å². The summed E-state index contributed by atoms with van der Waals surface area (Å²) in [4.78, 5) is 0. The van der Waals surface area contributed by atoms with Gasteiger partial charge in [-0.25, -0.2) is 0 Å². The number of hydrogen-bond acceptors (Lipinski definition) is 7. The molecule has 1 atom stereocenters. The molecule has 27 heavy (non-hydrogen) atoms. The standard InChI is InChI=1S/C16H27O7Si4/c1-24-20-25(2)22-27(4,23-26(3)21-24)11-5-10-17-14-6-8-15(9-7-14)18-12-16-13-19-16/h6-9,16H,5,10-13H2,1-4H3. The van der Waals surface area contributed by atoms with E-state index in [-0.39, 0.29) is 6.10 Å². The van der Waals surface area contributed by atoms with Crippen molar-refractivity contribution in [2.45, 2.75) is 44.8 Å². The number of ether oxygens (including phenoxy) is 3. The maximum absolute atomic E-state index is 6.22. The van der Waals surface area contributed by atoms with Crippen molar-refractivity contribution in [2.75, 3.05) is 19.8 Å². The maximum atomic E-state index is 6.22. The zero-order chi connectivity index (χ0) is 19.3. The van der Waals surface area contributed by atoms with Crippen molar-refractivity contribution in [1.82, 2.24) is 0 Å². The van der Waals surface area contributed by atoms with Crippen LogP contribution in [0, 0.1) is 0 Å². The molecular weight excluding hydrogens is 417 g/mol. The first-order valence-electron chi connectivity index (χ1n) is 9.13. The fraction of sp³-hybridized carbons (Fsp3) is 0.625. The van der Waals surface area contributed by atoms with Crippen molar-refractivity contribution in [2.24, 2.45) is 0 Å². The molecule has 1 aromatic carbocycles. The Kier molecular flexibility index (Phi) is 7.70. The number of epoxide rings is 1. The molecule has 0 bridgehead atoms. The molecule has 3 rings (SSSR count). The Morgan fingerprint density at radius 1 is 0.963 bits per heavy atom. The van der Waals surface area contributed by atoms with Crippen LogP contribution >= 0.6 is 0 Å². The van der Waals surface area contributed by atoms with Crippen LogP contribution in [-0.4, -0.2) is 62.3 Å². The lowest BCUT2D eigenvalue weighted by Crippen LogP contribution is -2.53. The fourth-order valence-corrected chi connectivity index (χ4v) is 14.6. The van der Waals surface area contributed by atoms with Crippen LogP contribution in [0.4, 0.5) is 0 Å². The van der Waals surface area contributed by atoms with Gasteiger partial charge in [0.25, 0.3) is 0 Å². The van der Waals surface area contributed by atoms with Crippen LogP contribution in [-0.2, 0) is 21.2 Å². The summed E-state index contributed by atoms with van der Waals surface area (Å²) >= 11 is 0. The first-order valence-corrected chi connectivity index (χ1v) is 17.1. The van der Waals surface area contributed by atoms with Crippen LogP contribution < -0.4 is 9.47 Å². The summed E-state index contributed by atoms with van der Waals surface area (Å²) in [5.74, 6) is 1.67. The number of rotatable bonds is 8. The molecule has 7 nitrogen and oxygen atoms in total. The highest BCUT2D eigenvalue weighted by Crippen LogP contribution is 2.23. The van der Waals surface area contributed by atoms with Gasteiger partial charge in [-0.15, -0.1) is 0 Å². The van der Waals surface area contributed by atoms with Crippen LogP contribution in [0.15, 0.2) is 24.3 Å². The molecule has 2 saturated heterocycles. The Morgan fingerprint density at radius 2 is 1.52 bits per heavy atom. The zero-order valence-electron chi connectivity index (χ0n) is 16.3. The van der Waals surface area contributed by atoms with Gasteiger partial charge >= 0.3 is 36.4 Å². The first kappa shape index (κ1) is 21.2. The highest BCUT2D eigenvalue weighted by Gasteiger charge is 2.40. The average Bonchev–Trinajstić information content (AvgIpc) is 3.40. The lowest BCUT2D eigenvalue weighted by molar-refractivity contribution is 0.261. The molecular formula is C16H27O7Si4. The van der Waals surface area contributed by atoms with Gasteiger partial charge in [0.05, 0.1) is 13.2 Å². The van der Waals surface area contributed by atoms with E-state index in [2.05, 4.69) is 6.55 Å². The second-order valence-electron chi connectivity index (χ2n) is 6.71. The molecule has 2 heterocycles. The van der Waals surface area contributed by atoms with Crippen molar-refractivity contribution in [3.8, 4) is 11.5 Å². The lowest BCUT2D eigenvalue weighted by atomic mass is 10.3. The number of hydrogen-bond donors (Lipinski definition) is 0. The quantitative estimate of drug-likeness (QED) is 0.348. The Morgan fingerprint density at radius 3 is 2.07 bits per heavy atom. The summed E-state index contributed by atoms with van der Waals surface area (Å²) in [6, 6.07) is 8.56. The van der Waals surface area contributed by atoms with E-state index in [1.165, 1.54) is 0 Å². The van der Waals surface area contributed by atoms with Gasteiger partial charge in [0.15, 0.2) is 0 Å². The van der Waals surface area contributed by atoms with Gasteiger partial charge in [0, 0.05) is 0 Å². The molecule has 0 saturated carbocycles. The van der Waals surface area contributed by atoms with Crippen molar-refractivity contribution >= 4 is 36.4 Å². The monoisotopic (exact) mass is 443 g/mol. The van der Waals surface area contributed by atoms with Crippen molar-refractivity contribution in [3.63, 3.8) is 0 Å². The largest absolute Gasteiger partial charge is 0.494 e. The predicted octanol–water partition coefficient (Wildman–Crippen LogP) is 2.74. The molecule has 1 aromatic rings. The summed E-state index contributed by atoms with van der Waals surface area (Å²) in [6.07, 6.45) is 1.13. The van der Waals surface area contributed by atoms with Gasteiger partial charge in [-0.2, -0.15) is 0 Å². The summed E-state index contributed by atoms with van der Waals surface area (Å²) in [5.41, 5.74) is 0. The van der Waals surface area contributed by atoms with E-state index < -0.39 is 36.4 Å². The van der Waals surface area contributed by atoms with E-state index in [1.54, 1.807) is 0 Å². The molecule has 0 N–H and O–H groups in total. The van der Waals surface area contributed by atoms with Crippen LogP contribution in [0.2, 0.25) is 32.2 Å².